The van der Waals surface area contributed by atoms with Crippen molar-refractivity contribution in [1.82, 2.24) is 0 Å². The Bertz CT molecular complexity index is 721. The van der Waals surface area contributed by atoms with Crippen LogP contribution in [0.1, 0.15) is 27.6 Å². The average molecular weight is 300 g/mol. The molecule has 2 aromatic carbocycles. The van der Waals surface area contributed by atoms with Crippen LogP contribution in [0.5, 0.6) is 11.5 Å². The fourth-order valence-corrected chi connectivity index (χ4v) is 1.72. The van der Waals surface area contributed by atoms with Crippen LogP contribution in [0.15, 0.2) is 48.5 Å². The van der Waals surface area contributed by atoms with Crippen LogP contribution < -0.4 is 9.47 Å². The molecule has 2 rings (SSSR count). The quantitative estimate of drug-likeness (QED) is 0.689. The zero-order chi connectivity index (χ0) is 16.1. The first kappa shape index (κ1) is 15.2. The van der Waals surface area contributed by atoms with Crippen LogP contribution in [0, 0.1) is 0 Å². The molecule has 0 amide bonds. The van der Waals surface area contributed by atoms with Crippen molar-refractivity contribution >= 4 is 17.9 Å². The van der Waals surface area contributed by atoms with Crippen molar-refractivity contribution in [2.75, 3.05) is 0 Å². The SMILES string of the molecule is CC(=O)Oc1ccc(OC(=O)c2ccccc2)cc1C(=O)O. The Kier molecular flexibility index (Phi) is 4.53. The number of carboxylic acid groups (broad SMARTS) is 1. The van der Waals surface area contributed by atoms with Crippen molar-refractivity contribution in [3.05, 3.63) is 59.7 Å². The van der Waals surface area contributed by atoms with E-state index < -0.39 is 17.9 Å². The van der Waals surface area contributed by atoms with Gasteiger partial charge in [0.2, 0.25) is 0 Å². The Morgan fingerprint density at radius 1 is 0.955 bits per heavy atom. The molecule has 0 heterocycles. The highest BCUT2D eigenvalue weighted by Gasteiger charge is 2.16. The summed E-state index contributed by atoms with van der Waals surface area (Å²) in [5.74, 6) is -2.62. The molecule has 2 aromatic rings. The normalized spacial score (nSPS) is 9.86. The molecular formula is C16H12O6. The van der Waals surface area contributed by atoms with Gasteiger partial charge in [-0.25, -0.2) is 9.59 Å². The number of hydrogen-bond donors (Lipinski definition) is 1. The number of benzene rings is 2. The van der Waals surface area contributed by atoms with Crippen molar-refractivity contribution in [3.8, 4) is 11.5 Å². The lowest BCUT2D eigenvalue weighted by atomic mass is 10.2. The topological polar surface area (TPSA) is 89.9 Å². The lowest BCUT2D eigenvalue weighted by molar-refractivity contribution is -0.131. The summed E-state index contributed by atoms with van der Waals surface area (Å²) in [4.78, 5) is 34.0. The van der Waals surface area contributed by atoms with Crippen molar-refractivity contribution in [2.45, 2.75) is 6.92 Å². The maximum Gasteiger partial charge on any atom is 0.343 e. The predicted octanol–water partition coefficient (Wildman–Crippen LogP) is 2.53. The molecule has 6 heteroatoms. The number of aromatic carboxylic acids is 1. The number of esters is 2. The van der Waals surface area contributed by atoms with Crippen molar-refractivity contribution in [3.63, 3.8) is 0 Å². The molecule has 0 aromatic heterocycles. The second-order valence-corrected chi connectivity index (χ2v) is 4.31. The molecular weight excluding hydrogens is 288 g/mol. The van der Waals surface area contributed by atoms with Crippen molar-refractivity contribution in [1.29, 1.82) is 0 Å². The summed E-state index contributed by atoms with van der Waals surface area (Å²) in [6.07, 6.45) is 0. The molecule has 0 aliphatic heterocycles. The summed E-state index contributed by atoms with van der Waals surface area (Å²) in [5.41, 5.74) is 0.0667. The minimum absolute atomic E-state index is 0.0437. The molecule has 0 aliphatic carbocycles. The molecule has 0 spiro atoms. The van der Waals surface area contributed by atoms with Gasteiger partial charge in [-0.3, -0.25) is 4.79 Å². The Morgan fingerprint density at radius 3 is 2.23 bits per heavy atom. The standard InChI is InChI=1S/C16H12O6/c1-10(17)21-14-8-7-12(9-13(14)15(18)19)22-16(20)11-5-3-2-4-6-11/h2-9H,1H3,(H,18,19). The van der Waals surface area contributed by atoms with Gasteiger partial charge >= 0.3 is 17.9 Å². The monoisotopic (exact) mass is 300 g/mol. The minimum Gasteiger partial charge on any atom is -0.478 e. The molecule has 0 unspecified atom stereocenters. The van der Waals surface area contributed by atoms with Crippen LogP contribution in [0.25, 0.3) is 0 Å². The maximum atomic E-state index is 11.9. The van der Waals surface area contributed by atoms with Gasteiger partial charge in [0.05, 0.1) is 5.56 Å². The van der Waals surface area contributed by atoms with Gasteiger partial charge in [-0.1, -0.05) is 18.2 Å². The van der Waals surface area contributed by atoms with Gasteiger partial charge in [0.1, 0.15) is 17.1 Å². The lowest BCUT2D eigenvalue weighted by Gasteiger charge is -2.09. The van der Waals surface area contributed by atoms with Gasteiger partial charge in [-0.2, -0.15) is 0 Å². The van der Waals surface area contributed by atoms with Crippen LogP contribution in [-0.4, -0.2) is 23.0 Å². The molecule has 112 valence electrons. The molecule has 0 saturated carbocycles. The molecule has 22 heavy (non-hydrogen) atoms. The summed E-state index contributed by atoms with van der Waals surface area (Å²) < 4.78 is 9.90. The second kappa shape index (κ2) is 6.53. The van der Waals surface area contributed by atoms with Crippen LogP contribution in [0.4, 0.5) is 0 Å². The first-order valence-corrected chi connectivity index (χ1v) is 6.30. The zero-order valence-corrected chi connectivity index (χ0v) is 11.6. The van der Waals surface area contributed by atoms with E-state index in [1.165, 1.54) is 12.1 Å². The fourth-order valence-electron chi connectivity index (χ4n) is 1.72. The summed E-state index contributed by atoms with van der Waals surface area (Å²) >= 11 is 0. The summed E-state index contributed by atoms with van der Waals surface area (Å²) in [5, 5.41) is 9.12. The molecule has 0 atom stereocenters. The van der Waals surface area contributed by atoms with Crippen LogP contribution in [0.3, 0.4) is 0 Å². The third-order valence-corrected chi connectivity index (χ3v) is 2.66. The Morgan fingerprint density at radius 2 is 1.64 bits per heavy atom. The van der Waals surface area contributed by atoms with E-state index in [0.29, 0.717) is 5.56 Å². The van der Waals surface area contributed by atoms with E-state index in [0.717, 1.165) is 13.0 Å². The third-order valence-electron chi connectivity index (χ3n) is 2.66. The first-order valence-electron chi connectivity index (χ1n) is 6.30. The lowest BCUT2D eigenvalue weighted by Crippen LogP contribution is -2.10. The first-order chi connectivity index (χ1) is 10.5. The van der Waals surface area contributed by atoms with Gasteiger partial charge in [0.25, 0.3) is 0 Å². The third kappa shape index (κ3) is 3.69. The minimum atomic E-state index is -1.30. The highest BCUT2D eigenvalue weighted by molar-refractivity contribution is 5.94. The van der Waals surface area contributed by atoms with Gasteiger partial charge in [0, 0.05) is 6.92 Å². The Balaban J connectivity index is 2.25. The number of carboxylic acids is 1. The largest absolute Gasteiger partial charge is 0.478 e. The summed E-state index contributed by atoms with van der Waals surface area (Å²) in [6, 6.07) is 12.0. The molecule has 0 saturated heterocycles. The molecule has 0 fully saturated rings. The summed E-state index contributed by atoms with van der Waals surface area (Å²) in [7, 11) is 0. The zero-order valence-electron chi connectivity index (χ0n) is 11.6. The van der Waals surface area contributed by atoms with Gasteiger partial charge in [0.15, 0.2) is 0 Å². The molecule has 1 N–H and O–H groups in total. The highest BCUT2D eigenvalue weighted by atomic mass is 16.5. The smallest absolute Gasteiger partial charge is 0.343 e. The van der Waals surface area contributed by atoms with Gasteiger partial charge in [-0.05, 0) is 30.3 Å². The number of rotatable bonds is 4. The molecule has 6 nitrogen and oxygen atoms in total. The second-order valence-electron chi connectivity index (χ2n) is 4.31. The highest BCUT2D eigenvalue weighted by Crippen LogP contribution is 2.25. The van der Waals surface area contributed by atoms with E-state index in [9.17, 15) is 14.4 Å². The Hall–Kier alpha value is -3.15. The van der Waals surface area contributed by atoms with E-state index in [-0.39, 0.29) is 17.1 Å². The van der Waals surface area contributed by atoms with E-state index in [2.05, 4.69) is 0 Å². The predicted molar refractivity (Wildman–Crippen MR) is 76.1 cm³/mol. The summed E-state index contributed by atoms with van der Waals surface area (Å²) in [6.45, 7) is 1.16. The van der Waals surface area contributed by atoms with Gasteiger partial charge < -0.3 is 14.6 Å². The molecule has 0 radical (unpaired) electrons. The molecule has 0 bridgehead atoms. The Labute approximate surface area is 125 Å². The number of carbonyl (C=O) groups is 3. The van der Waals surface area contributed by atoms with Gasteiger partial charge in [-0.15, -0.1) is 0 Å². The van der Waals surface area contributed by atoms with E-state index >= 15 is 0 Å². The maximum absolute atomic E-state index is 11.9. The average Bonchev–Trinajstić information content (AvgIpc) is 2.49. The van der Waals surface area contributed by atoms with Crippen LogP contribution in [0.2, 0.25) is 0 Å². The van der Waals surface area contributed by atoms with Crippen molar-refractivity contribution in [2.24, 2.45) is 0 Å². The van der Waals surface area contributed by atoms with E-state index in [1.807, 2.05) is 0 Å². The fraction of sp³-hybridized carbons (Fsp3) is 0.0625. The number of carbonyl (C=O) groups excluding carboxylic acids is 2. The molecule has 0 aliphatic rings. The van der Waals surface area contributed by atoms with E-state index in [4.69, 9.17) is 14.6 Å². The van der Waals surface area contributed by atoms with E-state index in [1.54, 1.807) is 30.3 Å². The number of hydrogen-bond acceptors (Lipinski definition) is 5. The number of ether oxygens (including phenoxy) is 2. The van der Waals surface area contributed by atoms with Crippen LogP contribution >= 0.6 is 0 Å². The van der Waals surface area contributed by atoms with Crippen LogP contribution in [-0.2, 0) is 4.79 Å². The van der Waals surface area contributed by atoms with Crippen molar-refractivity contribution < 1.29 is 29.0 Å².